The molecule has 0 aromatic heterocycles. The average molecular weight is 340 g/mol. The van der Waals surface area contributed by atoms with Gasteiger partial charge < -0.3 is 34.5 Å². The smallest absolute Gasteiger partial charge is 0.466 e. The van der Waals surface area contributed by atoms with Gasteiger partial charge in [0.05, 0.1) is 0 Å². The van der Waals surface area contributed by atoms with Gasteiger partial charge in [0.1, 0.15) is 5.75 Å². The first-order chi connectivity index (χ1) is 9.38. The van der Waals surface area contributed by atoms with Crippen LogP contribution in [-0.4, -0.2) is 34.5 Å². The van der Waals surface area contributed by atoms with Crippen LogP contribution in [0.5, 0.6) is 5.75 Å². The van der Waals surface area contributed by atoms with E-state index in [0.717, 1.165) is 10.8 Å². The van der Waals surface area contributed by atoms with E-state index in [-0.39, 0.29) is 0 Å². The highest BCUT2D eigenvalue weighted by Gasteiger charge is 2.00. The molecule has 2 rings (SSSR count). The van der Waals surface area contributed by atoms with E-state index in [1.54, 1.807) is 6.07 Å². The lowest BCUT2D eigenvalue weighted by molar-refractivity contribution is 0.272. The van der Waals surface area contributed by atoms with Crippen LogP contribution in [0.15, 0.2) is 42.5 Å². The molecule has 0 saturated carbocycles. The van der Waals surface area contributed by atoms with Crippen LogP contribution in [0.2, 0.25) is 0 Å². The first-order valence-electron chi connectivity index (χ1n) is 5.11. The molecule has 0 radical (unpaired) electrons. The van der Waals surface area contributed by atoms with Gasteiger partial charge in [0, 0.05) is 5.39 Å². The number of hydrogen-bond donors (Lipinski definition) is 7. The Hall–Kier alpha value is -1.28. The van der Waals surface area contributed by atoms with Crippen LogP contribution in [0.4, 0.5) is 0 Å². The molecule has 0 aliphatic rings. The topological polar surface area (TPSA) is 176 Å². The van der Waals surface area contributed by atoms with Gasteiger partial charge in [-0.2, -0.15) is 0 Å². The predicted octanol–water partition coefficient (Wildman–Crippen LogP) is 0.688. The molecule has 9 nitrogen and oxygen atoms in total. The van der Waals surface area contributed by atoms with E-state index >= 15 is 0 Å². The van der Waals surface area contributed by atoms with Crippen molar-refractivity contribution in [2.45, 2.75) is 0 Å². The van der Waals surface area contributed by atoms with Crippen LogP contribution in [0.1, 0.15) is 0 Å². The fourth-order valence-corrected chi connectivity index (χ4v) is 1.21. The number of phosphoric acid groups is 2. The summed E-state index contributed by atoms with van der Waals surface area (Å²) >= 11 is 0. The highest BCUT2D eigenvalue weighted by Crippen LogP contribution is 2.26. The van der Waals surface area contributed by atoms with E-state index in [1.807, 2.05) is 36.4 Å². The first kappa shape index (κ1) is 19.7. The SMILES string of the molecule is O=P(O)(O)O.O=P(O)(O)O.Oc1cccc2ccccc12. The zero-order valence-corrected chi connectivity index (χ0v) is 12.2. The molecule has 0 spiro atoms. The zero-order chi connectivity index (χ0) is 16.7. The maximum Gasteiger partial charge on any atom is 0.466 e. The summed E-state index contributed by atoms with van der Waals surface area (Å²) in [6.07, 6.45) is 0. The summed E-state index contributed by atoms with van der Waals surface area (Å²) in [6.45, 7) is 0. The summed E-state index contributed by atoms with van der Waals surface area (Å²) in [5.41, 5.74) is 0. The molecule has 0 bridgehead atoms. The Labute approximate surface area is 119 Å². The van der Waals surface area contributed by atoms with Crippen molar-refractivity contribution in [2.75, 3.05) is 0 Å². The maximum atomic E-state index is 9.37. The van der Waals surface area contributed by atoms with E-state index in [4.69, 9.17) is 38.5 Å². The van der Waals surface area contributed by atoms with E-state index in [2.05, 4.69) is 0 Å². The molecule has 11 heteroatoms. The Morgan fingerprint density at radius 3 is 1.48 bits per heavy atom. The normalized spacial score (nSPS) is 11.0. The molecule has 0 saturated heterocycles. The lowest BCUT2D eigenvalue weighted by Gasteiger charge is -1.97. The molecule has 0 aliphatic carbocycles. The number of benzene rings is 2. The second-order valence-electron chi connectivity index (χ2n) is 3.52. The minimum atomic E-state index is -4.64. The summed E-state index contributed by atoms with van der Waals surface area (Å²) in [5.74, 6) is 0.350. The third-order valence-corrected chi connectivity index (χ3v) is 1.77. The average Bonchev–Trinajstić information content (AvgIpc) is 2.25. The van der Waals surface area contributed by atoms with Gasteiger partial charge in [-0.05, 0) is 11.5 Å². The largest absolute Gasteiger partial charge is 0.507 e. The molecule has 7 N–H and O–H groups in total. The van der Waals surface area contributed by atoms with Crippen molar-refractivity contribution >= 4 is 26.4 Å². The maximum absolute atomic E-state index is 9.37. The van der Waals surface area contributed by atoms with Crippen LogP contribution in [0.25, 0.3) is 10.8 Å². The Morgan fingerprint density at radius 2 is 1.05 bits per heavy atom. The van der Waals surface area contributed by atoms with Crippen LogP contribution >= 0.6 is 15.6 Å². The molecule has 0 atom stereocenters. The molecule has 2 aromatic carbocycles. The van der Waals surface area contributed by atoms with Crippen molar-refractivity contribution in [2.24, 2.45) is 0 Å². The van der Waals surface area contributed by atoms with Gasteiger partial charge in [0.2, 0.25) is 0 Å². The lowest BCUT2D eigenvalue weighted by Crippen LogP contribution is -1.70. The summed E-state index contributed by atoms with van der Waals surface area (Å²) in [7, 11) is -9.28. The van der Waals surface area contributed by atoms with E-state index in [1.165, 1.54) is 0 Å². The Kier molecular flexibility index (Phi) is 7.73. The molecular formula is C10H14O9P2. The summed E-state index contributed by atoms with van der Waals surface area (Å²) in [6, 6.07) is 13.3. The van der Waals surface area contributed by atoms with Gasteiger partial charge >= 0.3 is 15.6 Å². The first-order valence-corrected chi connectivity index (χ1v) is 8.24. The highest BCUT2D eigenvalue weighted by atomic mass is 31.2. The summed E-state index contributed by atoms with van der Waals surface area (Å²) in [4.78, 5) is 43.1. The molecule has 118 valence electrons. The Balaban J connectivity index is 0.000000340. The fourth-order valence-electron chi connectivity index (χ4n) is 1.21. The molecule has 0 aliphatic heterocycles. The van der Waals surface area contributed by atoms with E-state index in [0.29, 0.717) is 5.75 Å². The predicted molar refractivity (Wildman–Crippen MR) is 74.1 cm³/mol. The number of rotatable bonds is 0. The molecule has 0 fully saturated rings. The highest BCUT2D eigenvalue weighted by molar-refractivity contribution is 7.45. The van der Waals surface area contributed by atoms with E-state index in [9.17, 15) is 5.11 Å². The lowest BCUT2D eigenvalue weighted by atomic mass is 10.1. The molecule has 0 amide bonds. The number of fused-ring (bicyclic) bond motifs is 1. The fraction of sp³-hybridized carbons (Fsp3) is 0. The van der Waals surface area contributed by atoms with Crippen LogP contribution < -0.4 is 0 Å². The van der Waals surface area contributed by atoms with Gasteiger partial charge in [-0.15, -0.1) is 0 Å². The Morgan fingerprint density at radius 1 is 0.667 bits per heavy atom. The minimum Gasteiger partial charge on any atom is -0.507 e. The molecule has 21 heavy (non-hydrogen) atoms. The summed E-state index contributed by atoms with van der Waals surface area (Å²) in [5, 5.41) is 11.4. The molecule has 0 heterocycles. The van der Waals surface area contributed by atoms with Crippen LogP contribution in [0, 0.1) is 0 Å². The Bertz CT molecular complexity index is 619. The standard InChI is InChI=1S/C10H8O.2H3O4P/c11-10-7-3-5-8-4-1-2-6-9(8)10;2*1-5(2,3)4/h1-7,11H;2*(H3,1,2,3,4). The van der Waals surface area contributed by atoms with Crippen molar-refractivity contribution in [1.82, 2.24) is 0 Å². The van der Waals surface area contributed by atoms with Crippen molar-refractivity contribution in [3.63, 3.8) is 0 Å². The van der Waals surface area contributed by atoms with Gasteiger partial charge in [0.25, 0.3) is 0 Å². The van der Waals surface area contributed by atoms with E-state index < -0.39 is 15.6 Å². The van der Waals surface area contributed by atoms with Crippen molar-refractivity contribution < 1.29 is 43.6 Å². The third kappa shape index (κ3) is 13.5. The molecule has 0 unspecified atom stereocenters. The van der Waals surface area contributed by atoms with Crippen molar-refractivity contribution in [3.8, 4) is 5.75 Å². The summed E-state index contributed by atoms with van der Waals surface area (Å²) < 4.78 is 17.8. The monoisotopic (exact) mass is 340 g/mol. The van der Waals surface area contributed by atoms with Crippen molar-refractivity contribution in [3.05, 3.63) is 42.5 Å². The number of phenols is 1. The van der Waals surface area contributed by atoms with Gasteiger partial charge in [-0.25, -0.2) is 9.13 Å². The second kappa shape index (κ2) is 8.23. The van der Waals surface area contributed by atoms with Crippen LogP contribution in [0.3, 0.4) is 0 Å². The van der Waals surface area contributed by atoms with Crippen molar-refractivity contribution in [1.29, 1.82) is 0 Å². The number of aromatic hydroxyl groups is 1. The zero-order valence-electron chi connectivity index (χ0n) is 10.4. The number of hydrogen-bond acceptors (Lipinski definition) is 3. The van der Waals surface area contributed by atoms with Gasteiger partial charge in [0.15, 0.2) is 0 Å². The second-order valence-corrected chi connectivity index (χ2v) is 5.58. The van der Waals surface area contributed by atoms with Gasteiger partial charge in [-0.3, -0.25) is 0 Å². The third-order valence-electron chi connectivity index (χ3n) is 1.77. The number of phenolic OH excluding ortho intramolecular Hbond substituents is 1. The molecule has 2 aromatic rings. The quantitative estimate of drug-likeness (QED) is 0.340. The minimum absolute atomic E-state index is 0.350. The molecular weight excluding hydrogens is 326 g/mol. The van der Waals surface area contributed by atoms with Gasteiger partial charge in [-0.1, -0.05) is 36.4 Å². The van der Waals surface area contributed by atoms with Crippen LogP contribution in [-0.2, 0) is 9.13 Å².